The van der Waals surface area contributed by atoms with Gasteiger partial charge in [-0.25, -0.2) is 0 Å². The fourth-order valence-electron chi connectivity index (χ4n) is 3.03. The van der Waals surface area contributed by atoms with Crippen molar-refractivity contribution in [2.75, 3.05) is 0 Å². The summed E-state index contributed by atoms with van der Waals surface area (Å²) >= 11 is 0. The molecule has 0 heteroatoms. The summed E-state index contributed by atoms with van der Waals surface area (Å²) < 4.78 is 0. The SMILES string of the molecule is [CH2]/C=C/CCCCCCCCCCCCCCCCCC[CH2]. The van der Waals surface area contributed by atoms with Gasteiger partial charge in [-0.15, -0.1) is 0 Å². The first-order chi connectivity index (χ1) is 10.9. The summed E-state index contributed by atoms with van der Waals surface area (Å²) in [4.78, 5) is 0. The molecular weight excluding hydrogens is 264 g/mol. The van der Waals surface area contributed by atoms with Crippen LogP contribution in [0.5, 0.6) is 0 Å². The van der Waals surface area contributed by atoms with Gasteiger partial charge in [0.2, 0.25) is 0 Å². The minimum atomic E-state index is 1.12. The van der Waals surface area contributed by atoms with E-state index in [2.05, 4.69) is 19.9 Å². The monoisotopic (exact) mass is 306 g/mol. The Morgan fingerprint density at radius 3 is 1.09 bits per heavy atom. The molecule has 0 fully saturated rings. The molecule has 0 heterocycles. The molecule has 0 spiro atoms. The van der Waals surface area contributed by atoms with E-state index in [-0.39, 0.29) is 0 Å². The van der Waals surface area contributed by atoms with E-state index in [1.54, 1.807) is 0 Å². The largest absolute Gasteiger partial charge is 0.0885 e. The van der Waals surface area contributed by atoms with Crippen molar-refractivity contribution in [3.63, 3.8) is 0 Å². The molecule has 0 aromatic rings. The van der Waals surface area contributed by atoms with Gasteiger partial charge >= 0.3 is 0 Å². The second-order valence-corrected chi connectivity index (χ2v) is 6.77. The molecule has 2 radical (unpaired) electrons. The van der Waals surface area contributed by atoms with Crippen molar-refractivity contribution in [1.82, 2.24) is 0 Å². The van der Waals surface area contributed by atoms with E-state index in [9.17, 15) is 0 Å². The van der Waals surface area contributed by atoms with Gasteiger partial charge < -0.3 is 0 Å². The van der Waals surface area contributed by atoms with Crippen LogP contribution >= 0.6 is 0 Å². The molecule has 0 bridgehead atoms. The van der Waals surface area contributed by atoms with Crippen LogP contribution in [0.4, 0.5) is 0 Å². The van der Waals surface area contributed by atoms with Crippen molar-refractivity contribution in [3.05, 3.63) is 26.0 Å². The number of allylic oxidation sites excluding steroid dienone is 2. The predicted octanol–water partition coefficient (Wildman–Crippen LogP) is 8.23. The Hall–Kier alpha value is -0.260. The van der Waals surface area contributed by atoms with Gasteiger partial charge in [-0.05, 0) is 19.8 Å². The van der Waals surface area contributed by atoms with Crippen molar-refractivity contribution >= 4 is 0 Å². The summed E-state index contributed by atoms with van der Waals surface area (Å²) in [5.74, 6) is 0. The molecule has 0 saturated carbocycles. The van der Waals surface area contributed by atoms with Gasteiger partial charge in [0.25, 0.3) is 0 Å². The lowest BCUT2D eigenvalue weighted by Crippen LogP contribution is -1.83. The summed E-state index contributed by atoms with van der Waals surface area (Å²) in [6.07, 6.45) is 29.4. The van der Waals surface area contributed by atoms with Crippen molar-refractivity contribution in [1.29, 1.82) is 0 Å². The Kier molecular flexibility index (Phi) is 20.5. The maximum atomic E-state index is 3.90. The maximum absolute atomic E-state index is 3.90. The Bertz CT molecular complexity index is 204. The summed E-state index contributed by atoms with van der Waals surface area (Å²) in [6, 6.07) is 0. The van der Waals surface area contributed by atoms with Crippen LogP contribution in [0.15, 0.2) is 12.2 Å². The topological polar surface area (TPSA) is 0 Å². The molecule has 22 heavy (non-hydrogen) atoms. The summed E-state index contributed by atoms with van der Waals surface area (Å²) in [7, 11) is 0. The van der Waals surface area contributed by atoms with Crippen LogP contribution in [0.25, 0.3) is 0 Å². The molecule has 0 amide bonds. The zero-order valence-corrected chi connectivity index (χ0v) is 15.3. The zero-order chi connectivity index (χ0) is 16.1. The van der Waals surface area contributed by atoms with E-state index in [1.807, 2.05) is 6.08 Å². The van der Waals surface area contributed by atoms with Crippen molar-refractivity contribution in [2.45, 2.75) is 116 Å². The molecular formula is C22H42. The smallest absolute Gasteiger partial charge is 0.0316 e. The number of rotatable bonds is 18. The Balaban J connectivity index is 2.94. The molecule has 130 valence electrons. The second-order valence-electron chi connectivity index (χ2n) is 6.77. The lowest BCUT2D eigenvalue weighted by Gasteiger charge is -2.03. The van der Waals surface area contributed by atoms with E-state index in [4.69, 9.17) is 0 Å². The standard InChI is InChI=1S/C22H42/c1-3-5-7-9-11-13-15-17-19-21-22-20-18-16-14-12-10-8-6-4-2/h3,5H,1-2,4,6-22H2/b5-3+. The van der Waals surface area contributed by atoms with Gasteiger partial charge in [0.1, 0.15) is 0 Å². The Morgan fingerprint density at radius 1 is 0.455 bits per heavy atom. The first kappa shape index (κ1) is 21.7. The highest BCUT2D eigenvalue weighted by Gasteiger charge is 1.94. The third-order valence-corrected chi connectivity index (χ3v) is 4.54. The molecule has 0 aliphatic rings. The lowest BCUT2D eigenvalue weighted by molar-refractivity contribution is 0.528. The van der Waals surface area contributed by atoms with Crippen LogP contribution in [-0.2, 0) is 0 Å². The third kappa shape index (κ3) is 19.7. The number of unbranched alkanes of at least 4 members (excludes halogenated alkanes) is 17. The van der Waals surface area contributed by atoms with E-state index in [0.717, 1.165) is 6.42 Å². The van der Waals surface area contributed by atoms with Gasteiger partial charge in [0.15, 0.2) is 0 Å². The van der Waals surface area contributed by atoms with Gasteiger partial charge in [0.05, 0.1) is 0 Å². The van der Waals surface area contributed by atoms with Crippen molar-refractivity contribution in [2.24, 2.45) is 0 Å². The quantitative estimate of drug-likeness (QED) is 0.224. The highest BCUT2D eigenvalue weighted by atomic mass is 14.0. The van der Waals surface area contributed by atoms with Gasteiger partial charge in [0, 0.05) is 0 Å². The predicted molar refractivity (Wildman–Crippen MR) is 103 cm³/mol. The third-order valence-electron chi connectivity index (χ3n) is 4.54. The molecule has 0 atom stereocenters. The Labute approximate surface area is 142 Å². The van der Waals surface area contributed by atoms with E-state index in [1.165, 1.54) is 109 Å². The molecule has 0 saturated heterocycles. The van der Waals surface area contributed by atoms with Crippen molar-refractivity contribution in [3.8, 4) is 0 Å². The van der Waals surface area contributed by atoms with Gasteiger partial charge in [-0.1, -0.05) is 122 Å². The lowest BCUT2D eigenvalue weighted by atomic mass is 10.0. The summed E-state index contributed by atoms with van der Waals surface area (Å²) in [5, 5.41) is 0. The van der Waals surface area contributed by atoms with Gasteiger partial charge in [-0.2, -0.15) is 0 Å². The fraction of sp³-hybridized carbons (Fsp3) is 0.818. The van der Waals surface area contributed by atoms with Crippen LogP contribution in [0.3, 0.4) is 0 Å². The van der Waals surface area contributed by atoms with E-state index < -0.39 is 0 Å². The maximum Gasteiger partial charge on any atom is -0.0316 e. The molecule has 0 aromatic carbocycles. The highest BCUT2D eigenvalue weighted by molar-refractivity contribution is 4.83. The average Bonchev–Trinajstić information content (AvgIpc) is 2.54. The number of hydrogen-bond donors (Lipinski definition) is 0. The average molecular weight is 307 g/mol. The first-order valence-corrected chi connectivity index (χ1v) is 10.1. The second kappa shape index (κ2) is 20.7. The molecule has 0 nitrogen and oxygen atoms in total. The molecule has 0 aliphatic heterocycles. The number of hydrogen-bond acceptors (Lipinski definition) is 0. The van der Waals surface area contributed by atoms with Crippen LogP contribution in [-0.4, -0.2) is 0 Å². The van der Waals surface area contributed by atoms with Crippen LogP contribution in [0.2, 0.25) is 0 Å². The van der Waals surface area contributed by atoms with E-state index in [0.29, 0.717) is 0 Å². The van der Waals surface area contributed by atoms with Gasteiger partial charge in [-0.3, -0.25) is 0 Å². The molecule has 0 N–H and O–H groups in total. The normalized spacial score (nSPS) is 11.5. The molecule has 0 rings (SSSR count). The van der Waals surface area contributed by atoms with Crippen LogP contribution < -0.4 is 0 Å². The van der Waals surface area contributed by atoms with Crippen LogP contribution in [0, 0.1) is 13.8 Å². The van der Waals surface area contributed by atoms with Crippen LogP contribution in [0.1, 0.15) is 116 Å². The minimum Gasteiger partial charge on any atom is -0.0885 e. The molecule has 0 unspecified atom stereocenters. The van der Waals surface area contributed by atoms with E-state index >= 15 is 0 Å². The minimum absolute atomic E-state index is 1.12. The summed E-state index contributed by atoms with van der Waals surface area (Å²) in [5.41, 5.74) is 0. The van der Waals surface area contributed by atoms with Crippen molar-refractivity contribution < 1.29 is 0 Å². The first-order valence-electron chi connectivity index (χ1n) is 10.1. The molecule has 0 aliphatic carbocycles. The summed E-state index contributed by atoms with van der Waals surface area (Å²) in [6.45, 7) is 7.61. The Morgan fingerprint density at radius 2 is 0.773 bits per heavy atom. The fourth-order valence-corrected chi connectivity index (χ4v) is 3.03. The zero-order valence-electron chi connectivity index (χ0n) is 15.3. The molecule has 0 aromatic heterocycles. The highest BCUT2D eigenvalue weighted by Crippen LogP contribution is 2.14.